The van der Waals surface area contributed by atoms with Gasteiger partial charge in [-0.2, -0.15) is 0 Å². The summed E-state index contributed by atoms with van der Waals surface area (Å²) in [6.07, 6.45) is 3.43. The normalized spacial score (nSPS) is 12.0. The maximum Gasteiger partial charge on any atom is 0.237 e. The van der Waals surface area contributed by atoms with Crippen LogP contribution in [0.2, 0.25) is 0 Å². The minimum absolute atomic E-state index is 0.0828. The molecule has 3 rings (SSSR count). The fraction of sp³-hybridized carbons (Fsp3) is 0.300. The molecule has 0 aliphatic carbocycles. The quantitative estimate of drug-likeness (QED) is 0.587. The number of methoxy groups -OCH3 is 1. The molecule has 1 aromatic carbocycles. The van der Waals surface area contributed by atoms with E-state index in [0.29, 0.717) is 18.3 Å². The summed E-state index contributed by atoms with van der Waals surface area (Å²) < 4.78 is 7.20. The van der Waals surface area contributed by atoms with Gasteiger partial charge in [0, 0.05) is 30.8 Å². The lowest BCUT2D eigenvalue weighted by atomic mass is 10.2. The average molecular weight is 398 g/mol. The topological polar surface area (TPSA) is 81.9 Å². The SMILES string of the molecule is COCCn1c(S[C@@H](C)C(=O)Nc2ccc(C)cc2)nnc1-c1ccncc1. The molecule has 1 amide bonds. The van der Waals surface area contributed by atoms with Gasteiger partial charge in [-0.3, -0.25) is 14.3 Å². The van der Waals surface area contributed by atoms with Crippen LogP contribution < -0.4 is 5.32 Å². The van der Waals surface area contributed by atoms with Gasteiger partial charge in [-0.15, -0.1) is 10.2 Å². The Balaban J connectivity index is 1.75. The maximum atomic E-state index is 12.6. The van der Waals surface area contributed by atoms with Gasteiger partial charge < -0.3 is 10.1 Å². The highest BCUT2D eigenvalue weighted by Crippen LogP contribution is 2.27. The number of anilines is 1. The van der Waals surface area contributed by atoms with Crippen molar-refractivity contribution in [2.45, 2.75) is 30.8 Å². The van der Waals surface area contributed by atoms with Gasteiger partial charge in [-0.05, 0) is 38.1 Å². The number of amides is 1. The van der Waals surface area contributed by atoms with Gasteiger partial charge in [0.15, 0.2) is 11.0 Å². The highest BCUT2D eigenvalue weighted by atomic mass is 32.2. The van der Waals surface area contributed by atoms with E-state index in [0.717, 1.165) is 22.6 Å². The van der Waals surface area contributed by atoms with Crippen molar-refractivity contribution in [3.63, 3.8) is 0 Å². The molecule has 0 spiro atoms. The standard InChI is InChI=1S/C20H23N5O2S/c1-14-4-6-17(7-5-14)22-19(26)15(2)28-20-24-23-18(25(20)12-13-27-3)16-8-10-21-11-9-16/h4-11,15H,12-13H2,1-3H3,(H,22,26)/t15-/m0/s1. The van der Waals surface area contributed by atoms with Gasteiger partial charge in [0.2, 0.25) is 5.91 Å². The average Bonchev–Trinajstić information content (AvgIpc) is 3.11. The lowest BCUT2D eigenvalue weighted by Crippen LogP contribution is -2.23. The van der Waals surface area contributed by atoms with Crippen LogP contribution in [0, 0.1) is 6.92 Å². The van der Waals surface area contributed by atoms with E-state index in [-0.39, 0.29) is 11.2 Å². The van der Waals surface area contributed by atoms with Gasteiger partial charge in [0.1, 0.15) is 0 Å². The van der Waals surface area contributed by atoms with E-state index in [1.54, 1.807) is 19.5 Å². The predicted molar refractivity (Wildman–Crippen MR) is 110 cm³/mol. The molecule has 0 radical (unpaired) electrons. The molecule has 3 aromatic rings. The lowest BCUT2D eigenvalue weighted by Gasteiger charge is -2.14. The van der Waals surface area contributed by atoms with E-state index in [1.165, 1.54) is 11.8 Å². The molecule has 0 aliphatic rings. The number of nitrogens with zero attached hydrogens (tertiary/aromatic N) is 4. The molecule has 0 unspecified atom stereocenters. The summed E-state index contributed by atoms with van der Waals surface area (Å²) in [5.74, 6) is 0.647. The predicted octanol–water partition coefficient (Wildman–Crippen LogP) is 3.41. The molecule has 146 valence electrons. The van der Waals surface area contributed by atoms with E-state index in [2.05, 4.69) is 20.5 Å². The molecule has 0 saturated heterocycles. The van der Waals surface area contributed by atoms with Gasteiger partial charge in [0.05, 0.1) is 18.4 Å². The number of benzene rings is 1. The van der Waals surface area contributed by atoms with Crippen molar-refractivity contribution in [2.24, 2.45) is 0 Å². The highest BCUT2D eigenvalue weighted by Gasteiger charge is 2.21. The Kier molecular flexibility index (Phi) is 6.78. The van der Waals surface area contributed by atoms with Crippen LogP contribution in [0.1, 0.15) is 12.5 Å². The fourth-order valence-corrected chi connectivity index (χ4v) is 3.44. The minimum Gasteiger partial charge on any atom is -0.383 e. The zero-order valence-electron chi connectivity index (χ0n) is 16.1. The van der Waals surface area contributed by atoms with E-state index in [1.807, 2.05) is 54.8 Å². The molecule has 0 bridgehead atoms. The van der Waals surface area contributed by atoms with Crippen molar-refractivity contribution in [1.29, 1.82) is 0 Å². The van der Waals surface area contributed by atoms with E-state index < -0.39 is 0 Å². The van der Waals surface area contributed by atoms with Crippen molar-refractivity contribution >= 4 is 23.4 Å². The van der Waals surface area contributed by atoms with E-state index in [9.17, 15) is 4.79 Å². The van der Waals surface area contributed by atoms with Crippen molar-refractivity contribution in [1.82, 2.24) is 19.7 Å². The van der Waals surface area contributed by atoms with Crippen LogP contribution in [-0.4, -0.2) is 44.6 Å². The van der Waals surface area contributed by atoms with Crippen molar-refractivity contribution < 1.29 is 9.53 Å². The van der Waals surface area contributed by atoms with E-state index >= 15 is 0 Å². The molecule has 28 heavy (non-hydrogen) atoms. The molecule has 7 nitrogen and oxygen atoms in total. The van der Waals surface area contributed by atoms with Gasteiger partial charge in [0.25, 0.3) is 0 Å². The van der Waals surface area contributed by atoms with Crippen LogP contribution in [0.25, 0.3) is 11.4 Å². The Bertz CT molecular complexity index is 912. The lowest BCUT2D eigenvalue weighted by molar-refractivity contribution is -0.115. The van der Waals surface area contributed by atoms with Crippen LogP contribution in [-0.2, 0) is 16.1 Å². The first-order chi connectivity index (χ1) is 13.6. The van der Waals surface area contributed by atoms with Crippen LogP contribution in [0.15, 0.2) is 53.9 Å². The summed E-state index contributed by atoms with van der Waals surface area (Å²) in [5.41, 5.74) is 2.85. The number of carbonyl (C=O) groups excluding carboxylic acids is 1. The number of carbonyl (C=O) groups is 1. The smallest absolute Gasteiger partial charge is 0.237 e. The third-order valence-electron chi connectivity index (χ3n) is 4.14. The molecule has 2 aromatic heterocycles. The van der Waals surface area contributed by atoms with Gasteiger partial charge >= 0.3 is 0 Å². The Morgan fingerprint density at radius 3 is 2.57 bits per heavy atom. The first kappa shape index (κ1) is 20.0. The summed E-state index contributed by atoms with van der Waals surface area (Å²) >= 11 is 1.37. The number of aryl methyl sites for hydroxylation is 1. The van der Waals surface area contributed by atoms with E-state index in [4.69, 9.17) is 4.74 Å². The molecule has 0 fully saturated rings. The molecular formula is C20H23N5O2S. The van der Waals surface area contributed by atoms with Crippen LogP contribution in [0.3, 0.4) is 0 Å². The number of ether oxygens (including phenoxy) is 1. The second-order valence-electron chi connectivity index (χ2n) is 6.30. The Morgan fingerprint density at radius 1 is 1.18 bits per heavy atom. The van der Waals surface area contributed by atoms with Gasteiger partial charge in [-0.25, -0.2) is 0 Å². The number of hydrogen-bond donors (Lipinski definition) is 1. The number of aromatic nitrogens is 4. The molecule has 8 heteroatoms. The number of nitrogens with one attached hydrogen (secondary N) is 1. The number of pyridine rings is 1. The first-order valence-corrected chi connectivity index (χ1v) is 9.83. The zero-order valence-corrected chi connectivity index (χ0v) is 16.9. The van der Waals surface area contributed by atoms with Crippen molar-refractivity contribution in [3.05, 3.63) is 54.4 Å². The summed E-state index contributed by atoms with van der Waals surface area (Å²) in [4.78, 5) is 16.6. The molecular weight excluding hydrogens is 374 g/mol. The Hall–Kier alpha value is -2.71. The number of rotatable bonds is 8. The monoisotopic (exact) mass is 397 g/mol. The van der Waals surface area contributed by atoms with Crippen LogP contribution in [0.4, 0.5) is 5.69 Å². The molecule has 0 aliphatic heterocycles. The first-order valence-electron chi connectivity index (χ1n) is 8.95. The van der Waals surface area contributed by atoms with Crippen LogP contribution in [0.5, 0.6) is 0 Å². The zero-order chi connectivity index (χ0) is 19.9. The third kappa shape index (κ3) is 4.96. The van der Waals surface area contributed by atoms with Crippen molar-refractivity contribution in [2.75, 3.05) is 19.0 Å². The van der Waals surface area contributed by atoms with Crippen LogP contribution >= 0.6 is 11.8 Å². The summed E-state index contributed by atoms with van der Waals surface area (Å²) in [6.45, 7) is 4.98. The maximum absolute atomic E-state index is 12.6. The molecule has 2 heterocycles. The number of hydrogen-bond acceptors (Lipinski definition) is 6. The molecule has 1 N–H and O–H groups in total. The number of thioether (sulfide) groups is 1. The summed E-state index contributed by atoms with van der Waals surface area (Å²) in [7, 11) is 1.65. The van der Waals surface area contributed by atoms with Gasteiger partial charge in [-0.1, -0.05) is 29.5 Å². The summed E-state index contributed by atoms with van der Waals surface area (Å²) in [5, 5.41) is 11.9. The largest absolute Gasteiger partial charge is 0.383 e. The molecule has 1 atom stereocenters. The second kappa shape index (κ2) is 9.48. The summed E-state index contributed by atoms with van der Waals surface area (Å²) in [6, 6.07) is 11.5. The van der Waals surface area contributed by atoms with Crippen molar-refractivity contribution in [3.8, 4) is 11.4 Å². The highest BCUT2D eigenvalue weighted by molar-refractivity contribution is 8.00. The third-order valence-corrected chi connectivity index (χ3v) is 5.23. The second-order valence-corrected chi connectivity index (χ2v) is 7.61. The molecule has 0 saturated carbocycles. The Labute approximate surface area is 168 Å². The minimum atomic E-state index is -0.336. The Morgan fingerprint density at radius 2 is 1.89 bits per heavy atom. The fourth-order valence-electron chi connectivity index (χ4n) is 2.57.